The zero-order chi connectivity index (χ0) is 14.3. The molecule has 0 nitrogen and oxygen atoms in total. The predicted molar refractivity (Wildman–Crippen MR) is 85.0 cm³/mol. The van der Waals surface area contributed by atoms with E-state index < -0.39 is 0 Å². The van der Waals surface area contributed by atoms with E-state index in [-0.39, 0.29) is 0 Å². The summed E-state index contributed by atoms with van der Waals surface area (Å²) in [7, 11) is 0. The van der Waals surface area contributed by atoms with E-state index in [9.17, 15) is 0 Å². The average molecular weight is 252 g/mol. The molecule has 0 aliphatic carbocycles. The summed E-state index contributed by atoms with van der Waals surface area (Å²) in [6, 6.07) is 6.62. The molecule has 0 N–H and O–H groups in total. The maximum absolute atomic E-state index is 2.26. The molecule has 0 amide bonds. The van der Waals surface area contributed by atoms with Gasteiger partial charge in [-0.25, -0.2) is 0 Å². The van der Waals surface area contributed by atoms with Crippen LogP contribution in [-0.2, 0) is 0 Å². The van der Waals surface area contributed by atoms with Crippen LogP contribution < -0.4 is 0 Å². The third-order valence-corrected chi connectivity index (χ3v) is 4.87. The van der Waals surface area contributed by atoms with Crippen LogP contribution in [-0.4, -0.2) is 0 Å². The van der Waals surface area contributed by atoms with E-state index in [0.29, 0.717) is 0 Å². The molecule has 0 heteroatoms. The fourth-order valence-electron chi connectivity index (χ4n) is 2.93. The molecule has 2 rings (SSSR count). The number of hydrogen-bond acceptors (Lipinski definition) is 0. The molecule has 0 saturated heterocycles. The molecular formula is C19H24. The molecule has 2 aromatic carbocycles. The van der Waals surface area contributed by atoms with E-state index in [2.05, 4.69) is 66.7 Å². The fourth-order valence-corrected chi connectivity index (χ4v) is 2.93. The van der Waals surface area contributed by atoms with E-state index >= 15 is 0 Å². The molecule has 0 heterocycles. The smallest absolute Gasteiger partial charge is 0.0117 e. The van der Waals surface area contributed by atoms with Crippen LogP contribution in [0.4, 0.5) is 0 Å². The van der Waals surface area contributed by atoms with Crippen LogP contribution in [0.25, 0.3) is 11.1 Å². The molecule has 0 radical (unpaired) electrons. The molecule has 0 spiro atoms. The van der Waals surface area contributed by atoms with E-state index in [1.807, 2.05) is 0 Å². The molecule has 19 heavy (non-hydrogen) atoms. The van der Waals surface area contributed by atoms with Crippen LogP contribution in [0.5, 0.6) is 0 Å². The lowest BCUT2D eigenvalue weighted by atomic mass is 9.84. The van der Waals surface area contributed by atoms with Gasteiger partial charge in [-0.05, 0) is 98.5 Å². The van der Waals surface area contributed by atoms with Crippen LogP contribution >= 0.6 is 0 Å². The van der Waals surface area contributed by atoms with Crippen molar-refractivity contribution in [2.45, 2.75) is 48.5 Å². The van der Waals surface area contributed by atoms with Gasteiger partial charge in [-0.1, -0.05) is 18.2 Å². The van der Waals surface area contributed by atoms with Gasteiger partial charge in [-0.3, -0.25) is 0 Å². The highest BCUT2D eigenvalue weighted by molar-refractivity contribution is 5.77. The molecule has 0 aromatic heterocycles. The highest BCUT2D eigenvalue weighted by Crippen LogP contribution is 2.36. The SMILES string of the molecule is Cc1cccc(-c2c(C)c(C)c(C)c(C)c2C)c1C. The van der Waals surface area contributed by atoms with E-state index in [1.54, 1.807) is 0 Å². The number of benzene rings is 2. The third-order valence-electron chi connectivity index (χ3n) is 4.87. The highest BCUT2D eigenvalue weighted by Gasteiger charge is 2.15. The monoisotopic (exact) mass is 252 g/mol. The number of hydrogen-bond donors (Lipinski definition) is 0. The van der Waals surface area contributed by atoms with E-state index in [1.165, 1.54) is 50.1 Å². The molecule has 0 aliphatic heterocycles. The standard InChI is InChI=1S/C19H24/c1-11-9-8-10-18(12(11)2)19-16(6)14(4)13(3)15(5)17(19)7/h8-10H,1-7H3. The zero-order valence-corrected chi connectivity index (χ0v) is 13.2. The number of rotatable bonds is 1. The van der Waals surface area contributed by atoms with Crippen molar-refractivity contribution >= 4 is 0 Å². The lowest BCUT2D eigenvalue weighted by molar-refractivity contribution is 1.17. The first kappa shape index (κ1) is 13.9. The van der Waals surface area contributed by atoms with Crippen molar-refractivity contribution in [3.8, 4) is 11.1 Å². The molecule has 0 aliphatic rings. The molecule has 100 valence electrons. The van der Waals surface area contributed by atoms with Gasteiger partial charge in [0.05, 0.1) is 0 Å². The summed E-state index contributed by atoms with van der Waals surface area (Å²) in [5.74, 6) is 0. The van der Waals surface area contributed by atoms with Gasteiger partial charge in [-0.15, -0.1) is 0 Å². The van der Waals surface area contributed by atoms with Crippen molar-refractivity contribution in [3.63, 3.8) is 0 Å². The predicted octanol–water partition coefficient (Wildman–Crippen LogP) is 5.51. The molecular weight excluding hydrogens is 228 g/mol. The summed E-state index contributed by atoms with van der Waals surface area (Å²) >= 11 is 0. The average Bonchev–Trinajstić information content (AvgIpc) is 2.39. The summed E-state index contributed by atoms with van der Waals surface area (Å²) in [4.78, 5) is 0. The second-order valence-corrected chi connectivity index (χ2v) is 5.75. The maximum Gasteiger partial charge on any atom is -0.0117 e. The van der Waals surface area contributed by atoms with Crippen LogP contribution in [0, 0.1) is 48.5 Å². The Labute approximate surface area is 117 Å². The Bertz CT molecular complexity index is 617. The fraction of sp³-hybridized carbons (Fsp3) is 0.368. The Hall–Kier alpha value is -1.56. The van der Waals surface area contributed by atoms with Gasteiger partial charge in [0.2, 0.25) is 0 Å². The topological polar surface area (TPSA) is 0 Å². The first-order chi connectivity index (χ1) is 8.86. The Kier molecular flexibility index (Phi) is 3.54. The van der Waals surface area contributed by atoms with Gasteiger partial charge in [0.15, 0.2) is 0 Å². The van der Waals surface area contributed by atoms with Crippen LogP contribution in [0.1, 0.15) is 38.9 Å². The lowest BCUT2D eigenvalue weighted by Crippen LogP contribution is -2.01. The molecule has 0 fully saturated rings. The second-order valence-electron chi connectivity index (χ2n) is 5.75. The van der Waals surface area contributed by atoms with Gasteiger partial charge in [-0.2, -0.15) is 0 Å². The van der Waals surface area contributed by atoms with Crippen molar-refractivity contribution in [1.82, 2.24) is 0 Å². The van der Waals surface area contributed by atoms with Crippen LogP contribution in [0.15, 0.2) is 18.2 Å². The normalized spacial score (nSPS) is 10.9. The Morgan fingerprint density at radius 3 is 1.53 bits per heavy atom. The summed E-state index contributed by atoms with van der Waals surface area (Å²) < 4.78 is 0. The van der Waals surface area contributed by atoms with E-state index in [4.69, 9.17) is 0 Å². The summed E-state index contributed by atoms with van der Waals surface area (Å²) in [5, 5.41) is 0. The summed E-state index contributed by atoms with van der Waals surface area (Å²) in [6.45, 7) is 15.7. The molecule has 0 saturated carbocycles. The first-order valence-corrected chi connectivity index (χ1v) is 6.99. The minimum Gasteiger partial charge on any atom is -0.0614 e. The zero-order valence-electron chi connectivity index (χ0n) is 13.2. The molecule has 2 aromatic rings. The van der Waals surface area contributed by atoms with Gasteiger partial charge in [0.1, 0.15) is 0 Å². The minimum atomic E-state index is 1.37. The van der Waals surface area contributed by atoms with Gasteiger partial charge < -0.3 is 0 Å². The van der Waals surface area contributed by atoms with Gasteiger partial charge in [0, 0.05) is 0 Å². The second kappa shape index (κ2) is 4.85. The summed E-state index contributed by atoms with van der Waals surface area (Å²) in [6.07, 6.45) is 0. The maximum atomic E-state index is 2.26. The van der Waals surface area contributed by atoms with Crippen LogP contribution in [0.3, 0.4) is 0 Å². The quantitative estimate of drug-likeness (QED) is 0.627. The van der Waals surface area contributed by atoms with Crippen molar-refractivity contribution in [1.29, 1.82) is 0 Å². The largest absolute Gasteiger partial charge is 0.0614 e. The lowest BCUT2D eigenvalue weighted by Gasteiger charge is -2.20. The highest BCUT2D eigenvalue weighted by atomic mass is 14.2. The van der Waals surface area contributed by atoms with Gasteiger partial charge in [0.25, 0.3) is 0 Å². The van der Waals surface area contributed by atoms with Crippen LogP contribution in [0.2, 0.25) is 0 Å². The van der Waals surface area contributed by atoms with Crippen molar-refractivity contribution in [2.24, 2.45) is 0 Å². The molecule has 0 unspecified atom stereocenters. The Balaban J connectivity index is 2.87. The Morgan fingerprint density at radius 1 is 0.526 bits per heavy atom. The minimum absolute atomic E-state index is 1.37. The number of aryl methyl sites for hydroxylation is 1. The molecule has 0 bridgehead atoms. The van der Waals surface area contributed by atoms with Gasteiger partial charge >= 0.3 is 0 Å². The third kappa shape index (κ3) is 2.10. The first-order valence-electron chi connectivity index (χ1n) is 6.99. The van der Waals surface area contributed by atoms with E-state index in [0.717, 1.165) is 0 Å². The van der Waals surface area contributed by atoms with Crippen molar-refractivity contribution in [2.75, 3.05) is 0 Å². The Morgan fingerprint density at radius 2 is 1.00 bits per heavy atom. The molecule has 0 atom stereocenters. The summed E-state index contributed by atoms with van der Waals surface area (Å²) in [5.41, 5.74) is 12.7. The van der Waals surface area contributed by atoms with Crippen molar-refractivity contribution in [3.05, 3.63) is 57.1 Å². The van der Waals surface area contributed by atoms with Crippen molar-refractivity contribution < 1.29 is 0 Å².